The van der Waals surface area contributed by atoms with Gasteiger partial charge in [-0.3, -0.25) is 48.7 Å². The number of rotatable bonds is 19. The van der Waals surface area contributed by atoms with Crippen LogP contribution in [-0.4, -0.2) is 215 Å². The molecule has 23 heteroatoms. The van der Waals surface area contributed by atoms with Crippen LogP contribution < -0.4 is 26.6 Å². The summed E-state index contributed by atoms with van der Waals surface area (Å²) < 4.78 is 5.49. The first-order chi connectivity index (χ1) is 39.9. The van der Waals surface area contributed by atoms with E-state index in [1.54, 1.807) is 34.7 Å². The molecule has 1 aromatic carbocycles. The molecule has 0 aliphatic carbocycles. The maximum atomic E-state index is 15.2. The molecule has 0 saturated carbocycles. The highest BCUT2D eigenvalue weighted by Crippen LogP contribution is 2.24. The van der Waals surface area contributed by atoms with E-state index in [0.29, 0.717) is 32.4 Å². The summed E-state index contributed by atoms with van der Waals surface area (Å²) in [4.78, 5) is 139. The largest absolute Gasteiger partial charge is 0.417 e. The Labute approximate surface area is 514 Å². The Balaban J connectivity index is 2.94. The second-order valence-electron chi connectivity index (χ2n) is 26.5. The Morgan fingerprint density at radius 3 is 1.58 bits per heavy atom. The molecule has 1 heterocycles. The summed E-state index contributed by atoms with van der Waals surface area (Å²) in [7, 11) is 8.65. The van der Waals surface area contributed by atoms with Crippen molar-refractivity contribution >= 4 is 53.4 Å². The zero-order valence-corrected chi connectivity index (χ0v) is 55.8. The summed E-state index contributed by atoms with van der Waals surface area (Å²) in [5.74, 6) is -7.68. The van der Waals surface area contributed by atoms with Crippen molar-refractivity contribution in [1.29, 1.82) is 0 Å². The van der Waals surface area contributed by atoms with Gasteiger partial charge < -0.3 is 55.8 Å². The van der Waals surface area contributed by atoms with E-state index in [1.165, 1.54) is 52.0 Å². The van der Waals surface area contributed by atoms with Gasteiger partial charge in [-0.2, -0.15) is 0 Å². The standard InChI is InChI=1S/C63H111N11O12/c1-36(2)29-46-59(81)73(20)53(41(11)12)61(83)74(21)54(55(77)42(13)27-28-64-34-45-25-23-22-24-26-45)58(80)68-52(44(15)75)60(82)69(16)35-51(76)70(17)47(30-37(3)4)57(79)67-50(33-40(9)10)72(19)49(32-39(7)8)65-43(14)62(84)86-63(85)71(18)48(31-38(5)6)56(78)66-46/h22-26,36-44,46-50,52-55,64-65,75,77H,27-35H2,1-21H3,(H,66,78)(H,67,79)(H,68,80)/t42-,43-,44-,46-,47+,48-,49-,50+,52?,53?,54?,55-/m1/s1. The molecule has 0 radical (unpaired) electrons. The molecule has 2 rings (SSSR count). The van der Waals surface area contributed by atoms with E-state index in [1.807, 2.05) is 104 Å². The monoisotopic (exact) mass is 1210 g/mol. The van der Waals surface area contributed by atoms with E-state index in [-0.39, 0.29) is 48.9 Å². The van der Waals surface area contributed by atoms with Gasteiger partial charge in [0.05, 0.1) is 31.1 Å². The molecule has 7 N–H and O–H groups in total. The Morgan fingerprint density at radius 1 is 0.570 bits per heavy atom. The second-order valence-corrected chi connectivity index (χ2v) is 26.5. The molecule has 8 amide bonds. The third-order valence-corrected chi connectivity index (χ3v) is 15.9. The number of nitrogens with zero attached hydrogens (tertiary/aromatic N) is 6. The molecule has 1 aliphatic heterocycles. The quantitative estimate of drug-likeness (QED) is 0.0586. The van der Waals surface area contributed by atoms with Crippen LogP contribution in [0.25, 0.3) is 0 Å². The molecular formula is C63H111N11O12. The summed E-state index contributed by atoms with van der Waals surface area (Å²) in [5.41, 5.74) is 1.03. The maximum absolute atomic E-state index is 15.2. The van der Waals surface area contributed by atoms with Gasteiger partial charge in [0, 0.05) is 41.8 Å². The van der Waals surface area contributed by atoms with Gasteiger partial charge in [-0.15, -0.1) is 0 Å². The van der Waals surface area contributed by atoms with Crippen molar-refractivity contribution < 1.29 is 58.1 Å². The van der Waals surface area contributed by atoms with Gasteiger partial charge in [0.25, 0.3) is 0 Å². The minimum absolute atomic E-state index is 0.0497. The average molecular weight is 1210 g/mol. The SMILES string of the molecule is CC(C)C[C@@H]1C(=O)N[C@H](CC(C)C)C(=O)N(C)C(C(C)C)C(=O)N(C)C([C@H](O)[C@H](C)CCNCc2ccccc2)C(=O)NC([C@@H](C)O)C(=O)N(C)CC(=O)N(C)[C@@H](CC(C)C)C(=O)N[C@H](CC(C)C)N(C)[C@H](CC(C)C)N[C@H](C)C(=O)OC(=O)N1C. The minimum Gasteiger partial charge on any atom is -0.391 e. The van der Waals surface area contributed by atoms with E-state index in [0.717, 1.165) is 20.3 Å². The van der Waals surface area contributed by atoms with E-state index < -0.39 is 139 Å². The maximum Gasteiger partial charge on any atom is 0.417 e. The zero-order valence-electron chi connectivity index (χ0n) is 55.8. The number of hydrogen-bond acceptors (Lipinski definition) is 15. The number of esters is 1. The summed E-state index contributed by atoms with van der Waals surface area (Å²) in [6.07, 6.45) is -3.81. The second kappa shape index (κ2) is 35.9. The molecule has 1 saturated heterocycles. The van der Waals surface area contributed by atoms with Crippen LogP contribution in [0.1, 0.15) is 148 Å². The van der Waals surface area contributed by atoms with Crippen LogP contribution in [0.4, 0.5) is 4.79 Å². The van der Waals surface area contributed by atoms with Crippen molar-refractivity contribution in [3.8, 4) is 0 Å². The number of aliphatic hydroxyl groups excluding tert-OH is 2. The van der Waals surface area contributed by atoms with Crippen LogP contribution in [-0.2, 0) is 49.6 Å². The zero-order chi connectivity index (χ0) is 65.8. The number of carbonyl (C=O) groups is 9. The molecular weight excluding hydrogens is 1100 g/mol. The Bertz CT molecular complexity index is 2360. The predicted molar refractivity (Wildman–Crippen MR) is 332 cm³/mol. The molecule has 0 bridgehead atoms. The summed E-state index contributed by atoms with van der Waals surface area (Å²) in [6, 6.07) is 0.342. The molecule has 1 aliphatic rings. The topological polar surface area (TPSA) is 283 Å². The molecule has 0 aromatic heterocycles. The van der Waals surface area contributed by atoms with Crippen LogP contribution in [0.3, 0.4) is 0 Å². The summed E-state index contributed by atoms with van der Waals surface area (Å²) in [6.45, 7) is 27.5. The number of likely N-dealkylation sites (N-methyl/N-ethyl adjacent to an activating group) is 5. The fourth-order valence-corrected chi connectivity index (χ4v) is 10.8. The van der Waals surface area contributed by atoms with Crippen LogP contribution in [0.15, 0.2) is 30.3 Å². The first kappa shape index (κ1) is 76.3. The third kappa shape index (κ3) is 23.4. The number of carbonyl (C=O) groups excluding carboxylic acids is 9. The van der Waals surface area contributed by atoms with E-state index in [9.17, 15) is 48.6 Å². The highest BCUT2D eigenvalue weighted by atomic mass is 16.6. The van der Waals surface area contributed by atoms with Gasteiger partial charge in [0.1, 0.15) is 42.3 Å². The smallest absolute Gasteiger partial charge is 0.391 e. The van der Waals surface area contributed by atoms with Crippen LogP contribution in [0.2, 0.25) is 0 Å². The number of ether oxygens (including phenoxy) is 1. The molecule has 0 spiro atoms. The normalized spacial score (nSPS) is 25.8. The predicted octanol–water partition coefficient (Wildman–Crippen LogP) is 4.00. The lowest BCUT2D eigenvalue weighted by molar-refractivity contribution is -0.155. The van der Waals surface area contributed by atoms with Crippen molar-refractivity contribution in [3.05, 3.63) is 35.9 Å². The number of amides is 8. The Kier molecular flexibility index (Phi) is 31.9. The highest BCUT2D eigenvalue weighted by molar-refractivity contribution is 5.98. The lowest BCUT2D eigenvalue weighted by Crippen LogP contribution is -2.64. The van der Waals surface area contributed by atoms with Gasteiger partial charge in [-0.25, -0.2) is 9.59 Å². The van der Waals surface area contributed by atoms with Crippen LogP contribution >= 0.6 is 0 Å². The molecule has 1 aromatic rings. The molecule has 86 heavy (non-hydrogen) atoms. The fraction of sp³-hybridized carbons (Fsp3) is 0.762. The lowest BCUT2D eigenvalue weighted by atomic mass is 9.91. The van der Waals surface area contributed by atoms with Crippen molar-refractivity contribution in [2.45, 2.75) is 216 Å². The first-order valence-electron chi connectivity index (χ1n) is 31.0. The number of nitrogens with one attached hydrogen (secondary N) is 5. The van der Waals surface area contributed by atoms with Gasteiger partial charge >= 0.3 is 12.1 Å². The van der Waals surface area contributed by atoms with E-state index in [2.05, 4.69) is 26.6 Å². The van der Waals surface area contributed by atoms with E-state index in [4.69, 9.17) is 4.74 Å². The third-order valence-electron chi connectivity index (χ3n) is 15.9. The highest BCUT2D eigenvalue weighted by Gasteiger charge is 2.45. The van der Waals surface area contributed by atoms with Crippen molar-refractivity contribution in [2.24, 2.45) is 41.4 Å². The summed E-state index contributed by atoms with van der Waals surface area (Å²) >= 11 is 0. The van der Waals surface area contributed by atoms with Crippen molar-refractivity contribution in [3.63, 3.8) is 0 Å². The molecule has 23 nitrogen and oxygen atoms in total. The Hall–Kier alpha value is -5.75. The number of benzene rings is 1. The van der Waals surface area contributed by atoms with Gasteiger partial charge in [0.15, 0.2) is 0 Å². The minimum atomic E-state index is -1.72. The summed E-state index contributed by atoms with van der Waals surface area (Å²) in [5, 5.41) is 38.9. The fourth-order valence-electron chi connectivity index (χ4n) is 10.8. The number of hydrogen-bond donors (Lipinski definition) is 7. The van der Waals surface area contributed by atoms with Crippen molar-refractivity contribution in [2.75, 3.05) is 55.4 Å². The first-order valence-corrected chi connectivity index (χ1v) is 31.0. The van der Waals surface area contributed by atoms with Gasteiger partial charge in [-0.05, 0) is 113 Å². The van der Waals surface area contributed by atoms with Crippen LogP contribution in [0, 0.1) is 41.4 Å². The molecule has 3 unspecified atom stereocenters. The van der Waals surface area contributed by atoms with Gasteiger partial charge in [-0.1, -0.05) is 120 Å². The molecule has 1 fully saturated rings. The molecule has 490 valence electrons. The number of aliphatic hydroxyl groups is 2. The Morgan fingerprint density at radius 2 is 1.07 bits per heavy atom. The van der Waals surface area contributed by atoms with Crippen molar-refractivity contribution in [1.82, 2.24) is 56.0 Å². The van der Waals surface area contributed by atoms with Gasteiger partial charge in [0.2, 0.25) is 41.4 Å². The lowest BCUT2D eigenvalue weighted by Gasteiger charge is -2.40. The molecule has 12 atom stereocenters. The van der Waals surface area contributed by atoms with E-state index >= 15 is 4.79 Å². The number of cyclic esters (lactones) is 2. The average Bonchev–Trinajstić information content (AvgIpc) is 1.68. The van der Waals surface area contributed by atoms with Crippen LogP contribution in [0.5, 0.6) is 0 Å².